The molecule has 1 saturated heterocycles. The van der Waals surface area contributed by atoms with Crippen LogP contribution in [-0.4, -0.2) is 50.1 Å². The number of nitrogens with zero attached hydrogens (tertiary/aromatic N) is 2. The summed E-state index contributed by atoms with van der Waals surface area (Å²) >= 11 is 0. The maximum absolute atomic E-state index is 13.3. The first-order valence-electron chi connectivity index (χ1n) is 9.97. The third-order valence-corrected chi connectivity index (χ3v) is 4.99. The molecule has 154 valence electrons. The molecule has 1 heterocycles. The monoisotopic (exact) mass is 395 g/mol. The lowest BCUT2D eigenvalue weighted by molar-refractivity contribution is -0.114. The largest absolute Gasteiger partial charge is 0.378 e. The summed E-state index contributed by atoms with van der Waals surface area (Å²) in [6.45, 7) is 3.27. The van der Waals surface area contributed by atoms with Crippen LogP contribution >= 0.6 is 0 Å². The van der Waals surface area contributed by atoms with Crippen LogP contribution in [0.5, 0.6) is 0 Å². The summed E-state index contributed by atoms with van der Waals surface area (Å²) in [5.41, 5.74) is 3.36. The van der Waals surface area contributed by atoms with E-state index in [9.17, 15) is 9.59 Å². The first kappa shape index (κ1) is 20.9. The van der Waals surface area contributed by atoms with Crippen molar-refractivity contribution < 1.29 is 14.3 Å². The molecule has 3 rings (SSSR count). The quantitative estimate of drug-likeness (QED) is 0.779. The Hall–Kier alpha value is -2.86. The smallest absolute Gasteiger partial charge is 0.254 e. The summed E-state index contributed by atoms with van der Waals surface area (Å²) in [6.07, 6.45) is 2.07. The maximum Gasteiger partial charge on any atom is 0.254 e. The molecule has 0 aromatic heterocycles. The van der Waals surface area contributed by atoms with Gasteiger partial charge in [-0.25, -0.2) is 0 Å². The minimum absolute atomic E-state index is 0.0654. The van der Waals surface area contributed by atoms with Gasteiger partial charge in [-0.2, -0.15) is 0 Å². The predicted molar refractivity (Wildman–Crippen MR) is 115 cm³/mol. The molecule has 1 aliphatic heterocycles. The molecular formula is C23H29N3O3. The molecule has 0 spiro atoms. The van der Waals surface area contributed by atoms with Crippen molar-refractivity contribution in [1.29, 1.82) is 0 Å². The van der Waals surface area contributed by atoms with Crippen LogP contribution in [0, 0.1) is 0 Å². The summed E-state index contributed by atoms with van der Waals surface area (Å²) in [7, 11) is 4.01. The van der Waals surface area contributed by atoms with Gasteiger partial charge in [0.25, 0.3) is 5.91 Å². The second-order valence-electron chi connectivity index (χ2n) is 7.64. The van der Waals surface area contributed by atoms with Crippen molar-refractivity contribution in [2.45, 2.75) is 32.4 Å². The summed E-state index contributed by atoms with van der Waals surface area (Å²) in [5, 5.41) is 2.74. The minimum atomic E-state index is -0.160. The fourth-order valence-corrected chi connectivity index (χ4v) is 3.49. The minimum Gasteiger partial charge on any atom is -0.378 e. The van der Waals surface area contributed by atoms with Crippen LogP contribution in [0.4, 0.5) is 11.4 Å². The SMILES string of the molecule is CC(=O)Nc1cccc(C(=O)N(Cc2ccc(N(C)C)cc2)C[C@@H]2CCCO2)c1. The van der Waals surface area contributed by atoms with Crippen molar-refractivity contribution in [3.05, 3.63) is 59.7 Å². The van der Waals surface area contributed by atoms with Crippen molar-refractivity contribution >= 4 is 23.2 Å². The van der Waals surface area contributed by atoms with Gasteiger partial charge in [-0.3, -0.25) is 9.59 Å². The van der Waals surface area contributed by atoms with Gasteiger partial charge in [0.05, 0.1) is 6.10 Å². The summed E-state index contributed by atoms with van der Waals surface area (Å²) in [5.74, 6) is -0.226. The number of amides is 2. The van der Waals surface area contributed by atoms with Crippen molar-refractivity contribution in [2.75, 3.05) is 37.5 Å². The zero-order chi connectivity index (χ0) is 20.8. The Labute approximate surface area is 172 Å². The summed E-state index contributed by atoms with van der Waals surface area (Å²) in [6, 6.07) is 15.3. The lowest BCUT2D eigenvalue weighted by Crippen LogP contribution is -2.37. The first-order valence-corrected chi connectivity index (χ1v) is 9.97. The highest BCUT2D eigenvalue weighted by molar-refractivity contribution is 5.96. The average Bonchev–Trinajstić information content (AvgIpc) is 3.20. The highest BCUT2D eigenvalue weighted by Gasteiger charge is 2.24. The highest BCUT2D eigenvalue weighted by Crippen LogP contribution is 2.20. The number of nitrogens with one attached hydrogen (secondary N) is 1. The fraction of sp³-hybridized carbons (Fsp3) is 0.391. The third kappa shape index (κ3) is 5.81. The molecule has 6 heteroatoms. The molecule has 0 aliphatic carbocycles. The van der Waals surface area contributed by atoms with Gasteiger partial charge in [0, 0.05) is 57.7 Å². The lowest BCUT2D eigenvalue weighted by atomic mass is 10.1. The molecule has 6 nitrogen and oxygen atoms in total. The van der Waals surface area contributed by atoms with Crippen LogP contribution in [0.25, 0.3) is 0 Å². The molecular weight excluding hydrogens is 366 g/mol. The number of anilines is 2. The van der Waals surface area contributed by atoms with Crippen LogP contribution in [-0.2, 0) is 16.1 Å². The molecule has 0 saturated carbocycles. The van der Waals surface area contributed by atoms with E-state index < -0.39 is 0 Å². The molecule has 0 unspecified atom stereocenters. The number of benzene rings is 2. The number of rotatable bonds is 7. The van der Waals surface area contributed by atoms with Gasteiger partial charge in [-0.15, -0.1) is 0 Å². The molecule has 1 fully saturated rings. The molecule has 2 aromatic rings. The van der Waals surface area contributed by atoms with Crippen molar-refractivity contribution in [3.63, 3.8) is 0 Å². The molecule has 1 aliphatic rings. The highest BCUT2D eigenvalue weighted by atomic mass is 16.5. The number of hydrogen-bond acceptors (Lipinski definition) is 4. The Bertz CT molecular complexity index is 843. The Kier molecular flexibility index (Phi) is 6.88. The van der Waals surface area contributed by atoms with E-state index in [-0.39, 0.29) is 17.9 Å². The maximum atomic E-state index is 13.3. The predicted octanol–water partition coefficient (Wildman–Crippen LogP) is 3.53. The normalized spacial score (nSPS) is 15.8. The van der Waals surface area contributed by atoms with E-state index in [0.29, 0.717) is 24.3 Å². The van der Waals surface area contributed by atoms with Gasteiger partial charge in [-0.1, -0.05) is 18.2 Å². The second kappa shape index (κ2) is 9.56. The van der Waals surface area contributed by atoms with E-state index in [2.05, 4.69) is 29.6 Å². The molecule has 2 aromatic carbocycles. The van der Waals surface area contributed by atoms with E-state index in [1.807, 2.05) is 23.9 Å². The van der Waals surface area contributed by atoms with Crippen molar-refractivity contribution in [3.8, 4) is 0 Å². The van der Waals surface area contributed by atoms with Gasteiger partial charge in [0.1, 0.15) is 0 Å². The van der Waals surface area contributed by atoms with Crippen LogP contribution in [0.15, 0.2) is 48.5 Å². The molecule has 0 radical (unpaired) electrons. The van der Waals surface area contributed by atoms with Crippen LogP contribution in [0.1, 0.15) is 35.7 Å². The zero-order valence-electron chi connectivity index (χ0n) is 17.4. The second-order valence-corrected chi connectivity index (χ2v) is 7.64. The topological polar surface area (TPSA) is 61.9 Å². The van der Waals surface area contributed by atoms with Gasteiger partial charge < -0.3 is 19.9 Å². The van der Waals surface area contributed by atoms with Gasteiger partial charge in [0.15, 0.2) is 0 Å². The van der Waals surface area contributed by atoms with Crippen LogP contribution < -0.4 is 10.2 Å². The van der Waals surface area contributed by atoms with Gasteiger partial charge in [-0.05, 0) is 48.7 Å². The Morgan fingerprint density at radius 1 is 1.14 bits per heavy atom. The molecule has 2 amide bonds. The zero-order valence-corrected chi connectivity index (χ0v) is 17.4. The van der Waals surface area contributed by atoms with E-state index in [1.54, 1.807) is 24.3 Å². The number of carbonyl (C=O) groups is 2. The van der Waals surface area contributed by atoms with E-state index in [4.69, 9.17) is 4.74 Å². The standard InChI is InChI=1S/C23H29N3O3/c1-17(27)24-20-7-4-6-19(14-20)23(28)26(16-22-8-5-13-29-22)15-18-9-11-21(12-10-18)25(2)3/h4,6-7,9-12,14,22H,5,8,13,15-16H2,1-3H3,(H,24,27)/t22-/m0/s1. The summed E-state index contributed by atoms with van der Waals surface area (Å²) < 4.78 is 5.78. The average molecular weight is 396 g/mol. The van der Waals surface area contributed by atoms with E-state index in [1.165, 1.54) is 6.92 Å². The Morgan fingerprint density at radius 2 is 1.90 bits per heavy atom. The Balaban J connectivity index is 1.80. The molecule has 1 atom stereocenters. The molecule has 29 heavy (non-hydrogen) atoms. The summed E-state index contributed by atoms with van der Waals surface area (Å²) in [4.78, 5) is 28.5. The van der Waals surface area contributed by atoms with E-state index >= 15 is 0 Å². The van der Waals surface area contributed by atoms with E-state index in [0.717, 1.165) is 30.7 Å². The van der Waals surface area contributed by atoms with Gasteiger partial charge in [0.2, 0.25) is 5.91 Å². The van der Waals surface area contributed by atoms with Crippen LogP contribution in [0.3, 0.4) is 0 Å². The Morgan fingerprint density at radius 3 is 2.52 bits per heavy atom. The van der Waals surface area contributed by atoms with Crippen LogP contribution in [0.2, 0.25) is 0 Å². The number of carbonyl (C=O) groups excluding carboxylic acids is 2. The number of hydrogen-bond donors (Lipinski definition) is 1. The lowest BCUT2D eigenvalue weighted by Gasteiger charge is -2.26. The third-order valence-electron chi connectivity index (χ3n) is 4.99. The molecule has 0 bridgehead atoms. The fourth-order valence-electron chi connectivity index (χ4n) is 3.49. The first-order chi connectivity index (χ1) is 13.9. The van der Waals surface area contributed by atoms with Crippen molar-refractivity contribution in [2.24, 2.45) is 0 Å². The van der Waals surface area contributed by atoms with Crippen molar-refractivity contribution in [1.82, 2.24) is 4.90 Å². The molecule has 1 N–H and O–H groups in total. The number of ether oxygens (including phenoxy) is 1. The van der Waals surface area contributed by atoms with Gasteiger partial charge >= 0.3 is 0 Å².